The highest BCUT2D eigenvalue weighted by Crippen LogP contribution is 2.36. The molecule has 2 aliphatic heterocycles. The van der Waals surface area contributed by atoms with Gasteiger partial charge in [0.15, 0.2) is 0 Å². The van der Waals surface area contributed by atoms with Gasteiger partial charge < -0.3 is 33.5 Å². The minimum atomic E-state index is -0.935. The number of imidazole rings is 1. The number of furan rings is 1. The van der Waals surface area contributed by atoms with Crippen molar-refractivity contribution in [1.29, 1.82) is 0 Å². The van der Waals surface area contributed by atoms with Crippen LogP contribution >= 0.6 is 0 Å². The number of nitrogens with zero attached hydrogens (tertiary/aromatic N) is 5. The number of esters is 1. The molecule has 2 atom stereocenters. The Hall–Kier alpha value is -5.32. The summed E-state index contributed by atoms with van der Waals surface area (Å²) in [5.41, 5.74) is 4.16. The Bertz CT molecular complexity index is 1750. The Kier molecular flexibility index (Phi) is 9.94. The van der Waals surface area contributed by atoms with Crippen molar-refractivity contribution in [3.63, 3.8) is 0 Å². The van der Waals surface area contributed by atoms with Crippen molar-refractivity contribution in [3.8, 4) is 11.3 Å². The summed E-state index contributed by atoms with van der Waals surface area (Å²) < 4.78 is 12.8. The molecule has 2 aliphatic rings. The molecule has 0 bridgehead atoms. The van der Waals surface area contributed by atoms with E-state index in [0.29, 0.717) is 56.2 Å². The van der Waals surface area contributed by atoms with E-state index >= 15 is 0 Å². The first kappa shape index (κ1) is 32.6. The van der Waals surface area contributed by atoms with Gasteiger partial charge in [-0.3, -0.25) is 4.79 Å². The zero-order chi connectivity index (χ0) is 33.6. The van der Waals surface area contributed by atoms with Gasteiger partial charge in [-0.25, -0.2) is 14.6 Å². The highest BCUT2D eigenvalue weighted by molar-refractivity contribution is 5.86. The summed E-state index contributed by atoms with van der Waals surface area (Å²) in [5, 5.41) is 9.82. The van der Waals surface area contributed by atoms with Crippen LogP contribution in [0.2, 0.25) is 0 Å². The number of carbonyl (C=O) groups excluding carboxylic acids is 2. The first-order valence-electron chi connectivity index (χ1n) is 16.5. The molecule has 48 heavy (non-hydrogen) atoms. The number of carboxylic acid groups (broad SMARTS) is 1. The van der Waals surface area contributed by atoms with Gasteiger partial charge in [-0.2, -0.15) is 0 Å². The molecule has 0 aliphatic carbocycles. The van der Waals surface area contributed by atoms with Crippen molar-refractivity contribution >= 4 is 23.7 Å². The van der Waals surface area contributed by atoms with Crippen molar-refractivity contribution in [3.05, 3.63) is 108 Å². The van der Waals surface area contributed by atoms with Crippen molar-refractivity contribution < 1.29 is 28.6 Å². The van der Waals surface area contributed by atoms with E-state index < -0.39 is 18.1 Å². The van der Waals surface area contributed by atoms with Gasteiger partial charge in [0.1, 0.15) is 17.5 Å². The highest BCUT2D eigenvalue weighted by atomic mass is 16.5. The molecule has 250 valence electrons. The standard InChI is InChI=1S/C37H41N5O6/c1-3-47-36(44)32-18-17-30(48-32)24-39-19-11-10-16-31(35(39)43)42-25-38-33(34(42)28-14-8-5-9-15-28)26(2)41-21-20-40(37(45)46)23-29(41)22-27-12-6-4-7-13-27/h4-9,12-15,17-18,25,29,31H,2-3,10-11,16,19-24H2,1H3,(H,45,46)/t29-,31?/m1/s1. The quantitative estimate of drug-likeness (QED) is 0.209. The smallest absolute Gasteiger partial charge is 0.407 e. The van der Waals surface area contributed by atoms with Crippen LogP contribution < -0.4 is 0 Å². The van der Waals surface area contributed by atoms with Crippen LogP contribution in [-0.4, -0.2) is 86.2 Å². The first-order chi connectivity index (χ1) is 23.3. The van der Waals surface area contributed by atoms with Crippen molar-refractivity contribution in [2.45, 2.75) is 51.2 Å². The second-order valence-corrected chi connectivity index (χ2v) is 12.2. The number of hydrogen-bond acceptors (Lipinski definition) is 7. The topological polar surface area (TPSA) is 121 Å². The molecule has 11 nitrogen and oxygen atoms in total. The van der Waals surface area contributed by atoms with E-state index in [2.05, 4.69) is 23.6 Å². The Labute approximate surface area is 280 Å². The normalized spacial score (nSPS) is 18.4. The molecule has 2 aromatic carbocycles. The Morgan fingerprint density at radius 2 is 1.75 bits per heavy atom. The number of amides is 2. The summed E-state index contributed by atoms with van der Waals surface area (Å²) in [6.45, 7) is 8.47. The molecule has 4 aromatic rings. The van der Waals surface area contributed by atoms with Crippen LogP contribution in [0, 0.1) is 0 Å². The third-order valence-corrected chi connectivity index (χ3v) is 9.10. The largest absolute Gasteiger partial charge is 0.465 e. The van der Waals surface area contributed by atoms with Crippen LogP contribution in [0.4, 0.5) is 4.79 Å². The fraction of sp³-hybridized carbons (Fsp3) is 0.351. The lowest BCUT2D eigenvalue weighted by atomic mass is 10.00. The van der Waals surface area contributed by atoms with Crippen LogP contribution in [0.1, 0.15) is 59.8 Å². The average molecular weight is 652 g/mol. The average Bonchev–Trinajstić information content (AvgIpc) is 3.72. The molecule has 0 radical (unpaired) electrons. The molecule has 2 fully saturated rings. The molecule has 4 heterocycles. The number of hydrogen-bond donors (Lipinski definition) is 1. The maximum Gasteiger partial charge on any atom is 0.407 e. The summed E-state index contributed by atoms with van der Waals surface area (Å²) in [6, 6.07) is 22.6. The highest BCUT2D eigenvalue weighted by Gasteiger charge is 2.35. The van der Waals surface area contributed by atoms with Gasteiger partial charge in [0, 0.05) is 31.7 Å². The van der Waals surface area contributed by atoms with E-state index in [0.717, 1.165) is 29.7 Å². The van der Waals surface area contributed by atoms with E-state index in [-0.39, 0.29) is 30.9 Å². The second-order valence-electron chi connectivity index (χ2n) is 12.2. The van der Waals surface area contributed by atoms with Gasteiger partial charge in [0.05, 0.1) is 36.9 Å². The van der Waals surface area contributed by atoms with E-state index in [1.807, 2.05) is 53.1 Å². The molecule has 11 heteroatoms. The fourth-order valence-corrected chi connectivity index (χ4v) is 6.73. The van der Waals surface area contributed by atoms with Gasteiger partial charge in [-0.15, -0.1) is 0 Å². The van der Waals surface area contributed by atoms with Crippen LogP contribution in [0.15, 0.2) is 90.1 Å². The molecule has 2 saturated heterocycles. The number of ether oxygens (including phenoxy) is 1. The molecule has 6 rings (SSSR count). The van der Waals surface area contributed by atoms with Crippen LogP contribution in [-0.2, 0) is 22.5 Å². The summed E-state index contributed by atoms with van der Waals surface area (Å²) >= 11 is 0. The lowest BCUT2D eigenvalue weighted by Gasteiger charge is -2.42. The third kappa shape index (κ3) is 7.00. The lowest BCUT2D eigenvalue weighted by Crippen LogP contribution is -2.54. The Morgan fingerprint density at radius 3 is 2.48 bits per heavy atom. The van der Waals surface area contributed by atoms with Crippen molar-refractivity contribution in [1.82, 2.24) is 24.3 Å². The number of rotatable bonds is 10. The lowest BCUT2D eigenvalue weighted by molar-refractivity contribution is -0.135. The van der Waals surface area contributed by atoms with Crippen molar-refractivity contribution in [2.24, 2.45) is 0 Å². The van der Waals surface area contributed by atoms with Crippen LogP contribution in [0.25, 0.3) is 17.0 Å². The first-order valence-corrected chi connectivity index (χ1v) is 16.5. The molecule has 1 unspecified atom stereocenters. The molecule has 2 amide bonds. The maximum absolute atomic E-state index is 14.3. The molecule has 0 saturated carbocycles. The molecule has 2 aromatic heterocycles. The SMILES string of the molecule is C=C(c1ncn(C2CCCCN(Cc3ccc(C(=O)OCC)o3)C2=O)c1-c1ccccc1)N1CCN(C(=O)O)C[C@H]1Cc1ccccc1. The number of aromatic nitrogens is 2. The Balaban J connectivity index is 1.32. The van der Waals surface area contributed by atoms with E-state index in [9.17, 15) is 19.5 Å². The number of piperazine rings is 1. The minimum absolute atomic E-state index is 0.0506. The molecule has 0 spiro atoms. The fourth-order valence-electron chi connectivity index (χ4n) is 6.73. The maximum atomic E-state index is 14.3. The monoisotopic (exact) mass is 651 g/mol. The van der Waals surface area contributed by atoms with Crippen LogP contribution in [0.3, 0.4) is 0 Å². The summed E-state index contributed by atoms with van der Waals surface area (Å²) in [6.07, 6.45) is 3.76. The predicted molar refractivity (Wildman–Crippen MR) is 180 cm³/mol. The molecular formula is C37H41N5O6. The van der Waals surface area contributed by atoms with Gasteiger partial charge in [0.2, 0.25) is 11.7 Å². The molecule has 1 N–H and O–H groups in total. The van der Waals surface area contributed by atoms with Gasteiger partial charge in [-0.05, 0) is 50.3 Å². The summed E-state index contributed by atoms with van der Waals surface area (Å²) in [5.74, 6) is 0.0489. The van der Waals surface area contributed by atoms with Gasteiger partial charge >= 0.3 is 12.1 Å². The zero-order valence-corrected chi connectivity index (χ0v) is 27.2. The number of carbonyl (C=O) groups is 3. The van der Waals surface area contributed by atoms with Crippen molar-refractivity contribution in [2.75, 3.05) is 32.8 Å². The van der Waals surface area contributed by atoms with E-state index in [4.69, 9.17) is 14.1 Å². The second kappa shape index (κ2) is 14.6. The zero-order valence-electron chi connectivity index (χ0n) is 27.2. The van der Waals surface area contributed by atoms with E-state index in [1.165, 1.54) is 4.90 Å². The predicted octanol–water partition coefficient (Wildman–Crippen LogP) is 5.95. The van der Waals surface area contributed by atoms with Gasteiger partial charge in [0.25, 0.3) is 0 Å². The number of benzene rings is 2. The Morgan fingerprint density at radius 1 is 1.00 bits per heavy atom. The third-order valence-electron chi connectivity index (χ3n) is 9.10. The molecular weight excluding hydrogens is 610 g/mol. The minimum Gasteiger partial charge on any atom is -0.465 e. The summed E-state index contributed by atoms with van der Waals surface area (Å²) in [4.78, 5) is 48.7. The number of likely N-dealkylation sites (tertiary alicyclic amines) is 1. The van der Waals surface area contributed by atoms with E-state index in [1.54, 1.807) is 30.3 Å². The van der Waals surface area contributed by atoms with Gasteiger partial charge in [-0.1, -0.05) is 67.2 Å². The summed E-state index contributed by atoms with van der Waals surface area (Å²) in [7, 11) is 0. The van der Waals surface area contributed by atoms with Crippen LogP contribution in [0.5, 0.6) is 0 Å².